The van der Waals surface area contributed by atoms with Crippen LogP contribution >= 0.6 is 11.6 Å². The molecule has 2 aliphatic rings. The van der Waals surface area contributed by atoms with Crippen LogP contribution in [0.2, 0.25) is 5.02 Å². The summed E-state index contributed by atoms with van der Waals surface area (Å²) in [7, 11) is 2.35. The molecule has 19 heavy (non-hydrogen) atoms. The Morgan fingerprint density at radius 3 is 2.16 bits per heavy atom. The van der Waals surface area contributed by atoms with Crippen molar-refractivity contribution in [3.05, 3.63) is 34.9 Å². The van der Waals surface area contributed by atoms with E-state index in [1.165, 1.54) is 56.9 Å². The Kier molecular flexibility index (Phi) is 3.86. The first kappa shape index (κ1) is 13.5. The molecule has 0 unspecified atom stereocenters. The molecule has 0 amide bonds. The van der Waals surface area contributed by atoms with Crippen molar-refractivity contribution in [3.63, 3.8) is 0 Å². The lowest BCUT2D eigenvalue weighted by molar-refractivity contribution is -0.0115. The van der Waals surface area contributed by atoms with Gasteiger partial charge in [0.2, 0.25) is 0 Å². The standard InChI is InChI=1S/C17H24ClN/c1-19(16-6-3-2-4-7-16)17(12-5-13-17)14-8-10-15(18)11-9-14/h8-11,16H,2-7,12-13H2,1H3. The van der Waals surface area contributed by atoms with E-state index in [0.717, 1.165) is 11.1 Å². The number of hydrogen-bond acceptors (Lipinski definition) is 1. The molecule has 0 N–H and O–H groups in total. The summed E-state index contributed by atoms with van der Waals surface area (Å²) in [6, 6.07) is 9.35. The maximum absolute atomic E-state index is 6.04. The van der Waals surface area contributed by atoms with Gasteiger partial charge in [0.25, 0.3) is 0 Å². The van der Waals surface area contributed by atoms with Crippen LogP contribution in [0, 0.1) is 0 Å². The van der Waals surface area contributed by atoms with Gasteiger partial charge in [-0.3, -0.25) is 4.90 Å². The van der Waals surface area contributed by atoms with Gasteiger partial charge in [-0.15, -0.1) is 0 Å². The van der Waals surface area contributed by atoms with Gasteiger partial charge in [0.05, 0.1) is 0 Å². The number of rotatable bonds is 3. The highest BCUT2D eigenvalue weighted by atomic mass is 35.5. The second-order valence-electron chi connectivity index (χ2n) is 6.29. The molecule has 0 spiro atoms. The lowest BCUT2D eigenvalue weighted by atomic mass is 9.69. The highest BCUT2D eigenvalue weighted by molar-refractivity contribution is 6.30. The Morgan fingerprint density at radius 2 is 1.63 bits per heavy atom. The quantitative estimate of drug-likeness (QED) is 0.753. The molecule has 104 valence electrons. The molecule has 0 atom stereocenters. The summed E-state index contributed by atoms with van der Waals surface area (Å²) in [5.41, 5.74) is 1.77. The van der Waals surface area contributed by atoms with E-state index >= 15 is 0 Å². The third kappa shape index (κ3) is 2.43. The van der Waals surface area contributed by atoms with E-state index in [2.05, 4.69) is 24.1 Å². The summed E-state index contributed by atoms with van der Waals surface area (Å²) < 4.78 is 0. The van der Waals surface area contributed by atoms with E-state index in [0.29, 0.717) is 5.54 Å². The van der Waals surface area contributed by atoms with Crippen LogP contribution in [0.15, 0.2) is 24.3 Å². The number of hydrogen-bond donors (Lipinski definition) is 0. The van der Waals surface area contributed by atoms with E-state index in [1.807, 2.05) is 12.1 Å². The molecule has 0 radical (unpaired) electrons. The van der Waals surface area contributed by atoms with Gasteiger partial charge in [0.1, 0.15) is 0 Å². The SMILES string of the molecule is CN(C1CCCCC1)C1(c2ccc(Cl)cc2)CCC1. The zero-order valence-electron chi connectivity index (χ0n) is 11.9. The van der Waals surface area contributed by atoms with Gasteiger partial charge in [0.15, 0.2) is 0 Å². The van der Waals surface area contributed by atoms with E-state index in [-0.39, 0.29) is 0 Å². The van der Waals surface area contributed by atoms with Crippen molar-refractivity contribution in [2.24, 2.45) is 0 Å². The highest BCUT2D eigenvalue weighted by Gasteiger charge is 2.44. The van der Waals surface area contributed by atoms with Crippen LogP contribution in [-0.4, -0.2) is 18.0 Å². The van der Waals surface area contributed by atoms with Crippen LogP contribution in [0.3, 0.4) is 0 Å². The molecule has 1 aromatic rings. The van der Waals surface area contributed by atoms with E-state index in [9.17, 15) is 0 Å². The topological polar surface area (TPSA) is 3.24 Å². The summed E-state index contributed by atoms with van der Waals surface area (Å²) in [6.45, 7) is 0. The molecule has 0 aromatic heterocycles. The predicted molar refractivity (Wildman–Crippen MR) is 81.6 cm³/mol. The van der Waals surface area contributed by atoms with Crippen molar-refractivity contribution in [2.75, 3.05) is 7.05 Å². The van der Waals surface area contributed by atoms with Gasteiger partial charge in [-0.25, -0.2) is 0 Å². The van der Waals surface area contributed by atoms with Crippen LogP contribution in [-0.2, 0) is 5.54 Å². The largest absolute Gasteiger partial charge is 0.294 e. The van der Waals surface area contributed by atoms with Crippen molar-refractivity contribution >= 4 is 11.6 Å². The van der Waals surface area contributed by atoms with Gasteiger partial charge in [-0.2, -0.15) is 0 Å². The van der Waals surface area contributed by atoms with Crippen LogP contribution in [0.1, 0.15) is 56.9 Å². The lowest BCUT2D eigenvalue weighted by Crippen LogP contribution is -2.53. The smallest absolute Gasteiger partial charge is 0.0460 e. The molecule has 2 saturated carbocycles. The molecule has 1 nitrogen and oxygen atoms in total. The van der Waals surface area contributed by atoms with Crippen molar-refractivity contribution in [2.45, 2.75) is 62.9 Å². The second kappa shape index (κ2) is 5.46. The normalized spacial score (nSPS) is 23.3. The third-order valence-corrected chi connectivity index (χ3v) is 5.61. The van der Waals surface area contributed by atoms with Crippen molar-refractivity contribution in [1.29, 1.82) is 0 Å². The minimum Gasteiger partial charge on any atom is -0.294 e. The zero-order chi connectivity index (χ0) is 13.3. The fourth-order valence-electron chi connectivity index (χ4n) is 3.93. The summed E-state index contributed by atoms with van der Waals surface area (Å²) in [6.07, 6.45) is 11.0. The van der Waals surface area contributed by atoms with Crippen LogP contribution in [0.25, 0.3) is 0 Å². The molecular weight excluding hydrogens is 254 g/mol. The molecule has 0 heterocycles. The molecule has 2 heteroatoms. The van der Waals surface area contributed by atoms with Gasteiger partial charge < -0.3 is 0 Å². The minimum atomic E-state index is 0.298. The molecule has 1 aromatic carbocycles. The first-order valence-corrected chi connectivity index (χ1v) is 8.09. The van der Waals surface area contributed by atoms with Crippen LogP contribution in [0.5, 0.6) is 0 Å². The first-order chi connectivity index (χ1) is 9.22. The predicted octanol–water partition coefficient (Wildman–Crippen LogP) is 4.98. The van der Waals surface area contributed by atoms with E-state index < -0.39 is 0 Å². The second-order valence-corrected chi connectivity index (χ2v) is 6.73. The average Bonchev–Trinajstić information content (AvgIpc) is 2.40. The monoisotopic (exact) mass is 277 g/mol. The van der Waals surface area contributed by atoms with Crippen LogP contribution < -0.4 is 0 Å². The van der Waals surface area contributed by atoms with Crippen molar-refractivity contribution in [3.8, 4) is 0 Å². The highest BCUT2D eigenvalue weighted by Crippen LogP contribution is 2.48. The molecule has 2 fully saturated rings. The Balaban J connectivity index is 1.83. The van der Waals surface area contributed by atoms with Crippen LogP contribution in [0.4, 0.5) is 0 Å². The summed E-state index contributed by atoms with van der Waals surface area (Å²) >= 11 is 6.04. The van der Waals surface area contributed by atoms with Crippen molar-refractivity contribution in [1.82, 2.24) is 4.90 Å². The van der Waals surface area contributed by atoms with Gasteiger partial charge in [-0.05, 0) is 56.8 Å². The maximum atomic E-state index is 6.04. The fourth-order valence-corrected chi connectivity index (χ4v) is 4.06. The zero-order valence-corrected chi connectivity index (χ0v) is 12.6. The summed E-state index contributed by atoms with van der Waals surface area (Å²) in [5, 5.41) is 0.846. The molecule has 0 aliphatic heterocycles. The number of halogens is 1. The number of benzene rings is 1. The molecular formula is C17H24ClN. The fraction of sp³-hybridized carbons (Fsp3) is 0.647. The Labute approximate surface area is 121 Å². The van der Waals surface area contributed by atoms with Gasteiger partial charge in [0, 0.05) is 16.6 Å². The van der Waals surface area contributed by atoms with Gasteiger partial charge >= 0.3 is 0 Å². The Hall–Kier alpha value is -0.530. The number of nitrogens with zero attached hydrogens (tertiary/aromatic N) is 1. The summed E-state index contributed by atoms with van der Waals surface area (Å²) in [5.74, 6) is 0. The molecule has 0 bridgehead atoms. The van der Waals surface area contributed by atoms with E-state index in [4.69, 9.17) is 11.6 Å². The summed E-state index contributed by atoms with van der Waals surface area (Å²) in [4.78, 5) is 2.69. The molecule has 0 saturated heterocycles. The maximum Gasteiger partial charge on any atom is 0.0460 e. The minimum absolute atomic E-state index is 0.298. The molecule has 3 rings (SSSR count). The lowest BCUT2D eigenvalue weighted by Gasteiger charge is -2.53. The Bertz CT molecular complexity index is 415. The Morgan fingerprint density at radius 1 is 1.00 bits per heavy atom. The average molecular weight is 278 g/mol. The van der Waals surface area contributed by atoms with E-state index in [1.54, 1.807) is 0 Å². The van der Waals surface area contributed by atoms with Gasteiger partial charge in [-0.1, -0.05) is 43.0 Å². The van der Waals surface area contributed by atoms with Crippen molar-refractivity contribution < 1.29 is 0 Å². The third-order valence-electron chi connectivity index (χ3n) is 5.36. The molecule has 2 aliphatic carbocycles. The first-order valence-electron chi connectivity index (χ1n) is 7.71.